The maximum Gasteiger partial charge on any atom is 0.336 e. The summed E-state index contributed by atoms with van der Waals surface area (Å²) in [7, 11) is 0. The summed E-state index contributed by atoms with van der Waals surface area (Å²) in [6, 6.07) is 41.1. The second-order valence-corrected chi connectivity index (χ2v) is 11.4. The van der Waals surface area contributed by atoms with Crippen LogP contribution in [0.15, 0.2) is 133 Å². The summed E-state index contributed by atoms with van der Waals surface area (Å²) in [5.41, 5.74) is 14.0. The van der Waals surface area contributed by atoms with Crippen LogP contribution in [0.25, 0.3) is 33.5 Å². The topological polar surface area (TPSA) is 49.3 Å². The summed E-state index contributed by atoms with van der Waals surface area (Å²) < 4.78 is 0. The van der Waals surface area contributed by atoms with Crippen LogP contribution in [0.3, 0.4) is 0 Å². The fourth-order valence-corrected chi connectivity index (χ4v) is 5.49. The molecule has 0 aromatic heterocycles. The molecule has 5 aromatic rings. The third-order valence-corrected chi connectivity index (χ3v) is 8.41. The number of rotatable bonds is 11. The van der Waals surface area contributed by atoms with Gasteiger partial charge in [-0.05, 0) is 101 Å². The zero-order chi connectivity index (χ0) is 31.1. The molecule has 0 unspecified atom stereocenters. The molecule has 0 saturated carbocycles. The number of nitrogens with one attached hydrogen (secondary N) is 1. The van der Waals surface area contributed by atoms with E-state index in [1.807, 2.05) is 30.3 Å². The first-order valence-electron chi connectivity index (χ1n) is 15.1. The summed E-state index contributed by atoms with van der Waals surface area (Å²) >= 11 is 0. The first kappa shape index (κ1) is 30.3. The van der Waals surface area contributed by atoms with Crippen LogP contribution >= 0.6 is 0 Å². The number of aryl methyl sites for hydroxylation is 2. The molecule has 0 aliphatic rings. The van der Waals surface area contributed by atoms with Crippen LogP contribution in [-0.2, 0) is 13.0 Å². The number of hydrogen-bond acceptors (Lipinski definition) is 2. The Labute approximate surface area is 261 Å². The highest BCUT2D eigenvalue weighted by molar-refractivity contribution is 5.96. The lowest BCUT2D eigenvalue weighted by atomic mass is 9.92. The van der Waals surface area contributed by atoms with Crippen molar-refractivity contribution in [3.63, 3.8) is 0 Å². The number of carboxylic acid groups (broad SMARTS) is 1. The van der Waals surface area contributed by atoms with E-state index < -0.39 is 5.97 Å². The van der Waals surface area contributed by atoms with Crippen molar-refractivity contribution < 1.29 is 9.90 Å². The maximum absolute atomic E-state index is 11.6. The molecule has 220 valence electrons. The van der Waals surface area contributed by atoms with E-state index in [0.29, 0.717) is 12.1 Å². The molecule has 0 radical (unpaired) electrons. The lowest BCUT2D eigenvalue weighted by Gasteiger charge is -2.16. The third-order valence-electron chi connectivity index (χ3n) is 8.41. The quantitative estimate of drug-likeness (QED) is 0.164. The minimum Gasteiger partial charge on any atom is -0.478 e. The molecular weight excluding hydrogens is 538 g/mol. The lowest BCUT2D eigenvalue weighted by molar-refractivity contribution is 0.0697. The van der Waals surface area contributed by atoms with E-state index in [-0.39, 0.29) is 0 Å². The Balaban J connectivity index is 1.22. The van der Waals surface area contributed by atoms with Crippen molar-refractivity contribution in [1.82, 2.24) is 5.32 Å². The van der Waals surface area contributed by atoms with Crippen molar-refractivity contribution in [2.45, 2.75) is 40.2 Å². The SMILES string of the molecule is C=C(NCc1ccc(-c2ccccc2)cc1)c1ccc(C)c(/C(C)=C(/C)CCc2ccc(-c3ccccc3C(=O)O)cc2)c1. The van der Waals surface area contributed by atoms with Crippen LogP contribution < -0.4 is 5.32 Å². The monoisotopic (exact) mass is 577 g/mol. The first-order valence-corrected chi connectivity index (χ1v) is 15.1. The molecule has 5 aromatic carbocycles. The standard InChI is InChI=1S/C41H39NO2/c1-28(14-16-32-17-24-36(25-18-32)38-12-8-9-13-39(38)41(43)44)30(3)40-26-37(21-15-29(40)2)31(4)42-27-33-19-22-35(23-20-33)34-10-6-5-7-11-34/h5-13,15,17-26,42H,4,14,16,27H2,1-3H3,(H,43,44)/b30-28-. The molecular formula is C41H39NO2. The fraction of sp³-hybridized carbons (Fsp3) is 0.146. The molecule has 0 saturated heterocycles. The Morgan fingerprint density at radius 2 is 1.32 bits per heavy atom. The molecule has 0 atom stereocenters. The third kappa shape index (κ3) is 7.25. The number of carboxylic acids is 1. The van der Waals surface area contributed by atoms with Gasteiger partial charge in [-0.3, -0.25) is 0 Å². The number of allylic oxidation sites excluding steroid dienone is 2. The average molecular weight is 578 g/mol. The highest BCUT2D eigenvalue weighted by Crippen LogP contribution is 2.29. The van der Waals surface area contributed by atoms with Gasteiger partial charge in [-0.15, -0.1) is 0 Å². The van der Waals surface area contributed by atoms with Crippen molar-refractivity contribution in [2.24, 2.45) is 0 Å². The van der Waals surface area contributed by atoms with Gasteiger partial charge in [-0.1, -0.05) is 121 Å². The summed E-state index contributed by atoms with van der Waals surface area (Å²) in [4.78, 5) is 11.6. The van der Waals surface area contributed by atoms with E-state index in [0.717, 1.165) is 35.2 Å². The van der Waals surface area contributed by atoms with Crippen molar-refractivity contribution >= 4 is 17.2 Å². The van der Waals surface area contributed by atoms with E-state index >= 15 is 0 Å². The lowest BCUT2D eigenvalue weighted by Crippen LogP contribution is -2.11. The number of carbonyl (C=O) groups is 1. The van der Waals surface area contributed by atoms with Gasteiger partial charge in [0.2, 0.25) is 0 Å². The van der Waals surface area contributed by atoms with Crippen molar-refractivity contribution in [2.75, 3.05) is 0 Å². The van der Waals surface area contributed by atoms with Gasteiger partial charge in [0.1, 0.15) is 0 Å². The van der Waals surface area contributed by atoms with E-state index in [4.69, 9.17) is 0 Å². The predicted octanol–water partition coefficient (Wildman–Crippen LogP) is 10.2. The summed E-state index contributed by atoms with van der Waals surface area (Å²) in [5.74, 6) is -0.909. The Bertz CT molecular complexity index is 1800. The van der Waals surface area contributed by atoms with E-state index in [9.17, 15) is 9.90 Å². The Morgan fingerprint density at radius 3 is 2.02 bits per heavy atom. The number of hydrogen-bond donors (Lipinski definition) is 2. The van der Waals surface area contributed by atoms with Crippen LogP contribution in [-0.4, -0.2) is 11.1 Å². The molecule has 44 heavy (non-hydrogen) atoms. The summed E-state index contributed by atoms with van der Waals surface area (Å²) in [6.07, 6.45) is 1.86. The molecule has 0 aliphatic carbocycles. The Morgan fingerprint density at radius 1 is 0.705 bits per heavy atom. The zero-order valence-corrected chi connectivity index (χ0v) is 25.7. The average Bonchev–Trinajstić information content (AvgIpc) is 3.07. The van der Waals surface area contributed by atoms with E-state index in [2.05, 4.69) is 112 Å². The van der Waals surface area contributed by atoms with E-state index in [1.54, 1.807) is 12.1 Å². The first-order chi connectivity index (χ1) is 21.3. The van der Waals surface area contributed by atoms with Crippen molar-refractivity contribution in [3.8, 4) is 22.3 Å². The van der Waals surface area contributed by atoms with Gasteiger partial charge >= 0.3 is 5.97 Å². The largest absolute Gasteiger partial charge is 0.478 e. The normalized spacial score (nSPS) is 11.5. The van der Waals surface area contributed by atoms with Gasteiger partial charge in [0, 0.05) is 12.2 Å². The molecule has 5 rings (SSSR count). The van der Waals surface area contributed by atoms with Crippen LogP contribution in [0.1, 0.15) is 58.4 Å². The molecule has 0 aliphatic heterocycles. The highest BCUT2D eigenvalue weighted by Gasteiger charge is 2.12. The molecule has 0 heterocycles. The van der Waals surface area contributed by atoms with Gasteiger partial charge in [-0.25, -0.2) is 4.79 Å². The van der Waals surface area contributed by atoms with Crippen LogP contribution in [0.2, 0.25) is 0 Å². The van der Waals surface area contributed by atoms with Gasteiger partial charge in [-0.2, -0.15) is 0 Å². The zero-order valence-electron chi connectivity index (χ0n) is 25.7. The second kappa shape index (κ2) is 13.9. The summed E-state index contributed by atoms with van der Waals surface area (Å²) in [5, 5.41) is 13.1. The molecule has 0 bridgehead atoms. The maximum atomic E-state index is 11.6. The molecule has 3 nitrogen and oxygen atoms in total. The van der Waals surface area contributed by atoms with Gasteiger partial charge in [0.05, 0.1) is 5.56 Å². The second-order valence-electron chi connectivity index (χ2n) is 11.4. The minimum atomic E-state index is -0.909. The van der Waals surface area contributed by atoms with Crippen molar-refractivity contribution in [3.05, 3.63) is 167 Å². The van der Waals surface area contributed by atoms with E-state index in [1.165, 1.54) is 44.5 Å². The predicted molar refractivity (Wildman–Crippen MR) is 184 cm³/mol. The minimum absolute atomic E-state index is 0.322. The number of aromatic carboxylic acids is 1. The molecule has 3 heteroatoms. The Kier molecular flexibility index (Phi) is 9.56. The molecule has 2 N–H and O–H groups in total. The Hall–Kier alpha value is -5.15. The van der Waals surface area contributed by atoms with Crippen LogP contribution in [0.4, 0.5) is 0 Å². The van der Waals surface area contributed by atoms with Crippen molar-refractivity contribution in [1.29, 1.82) is 0 Å². The number of benzene rings is 5. The van der Waals surface area contributed by atoms with Crippen LogP contribution in [0.5, 0.6) is 0 Å². The van der Waals surface area contributed by atoms with Gasteiger partial charge < -0.3 is 10.4 Å². The molecule has 0 spiro atoms. The van der Waals surface area contributed by atoms with Gasteiger partial charge in [0.15, 0.2) is 0 Å². The highest BCUT2D eigenvalue weighted by atomic mass is 16.4. The van der Waals surface area contributed by atoms with Gasteiger partial charge in [0.25, 0.3) is 0 Å². The fourth-order valence-electron chi connectivity index (χ4n) is 5.49. The smallest absolute Gasteiger partial charge is 0.336 e. The molecule has 0 fully saturated rings. The molecule has 0 amide bonds. The summed E-state index contributed by atoms with van der Waals surface area (Å²) in [6.45, 7) is 11.6. The van der Waals surface area contributed by atoms with Crippen LogP contribution in [0, 0.1) is 6.92 Å².